The van der Waals surface area contributed by atoms with Crippen LogP contribution in [0.2, 0.25) is 0 Å². The minimum Gasteiger partial charge on any atom is -0.393 e. The summed E-state index contributed by atoms with van der Waals surface area (Å²) in [5.74, 6) is 1.35. The van der Waals surface area contributed by atoms with Gasteiger partial charge in [0.2, 0.25) is 5.91 Å². The molecule has 4 aliphatic rings. The summed E-state index contributed by atoms with van der Waals surface area (Å²) in [6, 6.07) is 0. The molecule has 10 atom stereocenters. The fraction of sp³-hybridized carbons (Fsp3) is 0.968. The van der Waals surface area contributed by atoms with Crippen LogP contribution in [-0.2, 0) is 4.79 Å². The average molecular weight is 506 g/mol. The number of carbonyl (C=O) groups is 1. The van der Waals surface area contributed by atoms with Gasteiger partial charge in [0, 0.05) is 13.0 Å². The van der Waals surface area contributed by atoms with Crippen LogP contribution in [-0.4, -0.2) is 45.6 Å². The van der Waals surface area contributed by atoms with Crippen LogP contribution in [0, 0.1) is 51.2 Å². The topological polar surface area (TPSA) is 89.8 Å². The van der Waals surface area contributed by atoms with Gasteiger partial charge >= 0.3 is 0 Å². The number of amides is 1. The Bertz CT molecular complexity index is 838. The van der Waals surface area contributed by atoms with Crippen LogP contribution in [0.15, 0.2) is 0 Å². The van der Waals surface area contributed by atoms with Gasteiger partial charge in [0.25, 0.3) is 0 Å². The number of fused-ring (bicyclic) bond motifs is 5. The van der Waals surface area contributed by atoms with Crippen LogP contribution in [0.3, 0.4) is 0 Å². The molecule has 0 bridgehead atoms. The van der Waals surface area contributed by atoms with Gasteiger partial charge in [-0.2, -0.15) is 0 Å². The highest BCUT2D eigenvalue weighted by molar-refractivity contribution is 5.75. The molecule has 4 saturated carbocycles. The maximum Gasteiger partial charge on any atom is 0.220 e. The second-order valence-electron chi connectivity index (χ2n) is 15.4. The number of hydrogen-bond acceptors (Lipinski definition) is 4. The molecule has 208 valence electrons. The second kappa shape index (κ2) is 9.23. The van der Waals surface area contributed by atoms with Crippen molar-refractivity contribution in [1.29, 1.82) is 0 Å². The lowest BCUT2D eigenvalue weighted by atomic mass is 9.35. The van der Waals surface area contributed by atoms with E-state index in [1.807, 2.05) is 6.92 Å². The van der Waals surface area contributed by atoms with Crippen molar-refractivity contribution in [3.63, 3.8) is 0 Å². The van der Waals surface area contributed by atoms with Gasteiger partial charge in [-0.05, 0) is 110 Å². The monoisotopic (exact) mass is 505 g/mol. The third-order valence-electron chi connectivity index (χ3n) is 12.7. The third-order valence-corrected chi connectivity index (χ3v) is 12.7. The summed E-state index contributed by atoms with van der Waals surface area (Å²) in [4.78, 5) is 12.4. The maximum absolute atomic E-state index is 12.4. The predicted octanol–water partition coefficient (Wildman–Crippen LogP) is 5.31. The molecule has 0 aromatic carbocycles. The number of rotatable bonds is 6. The molecule has 4 N–H and O–H groups in total. The average Bonchev–Trinajstić information content (AvgIpc) is 3.16. The minimum absolute atomic E-state index is 0.00308. The van der Waals surface area contributed by atoms with Gasteiger partial charge in [-0.25, -0.2) is 0 Å². The zero-order chi connectivity index (χ0) is 26.9. The van der Waals surface area contributed by atoms with E-state index >= 15 is 0 Å². The lowest BCUT2D eigenvalue weighted by Gasteiger charge is -2.70. The van der Waals surface area contributed by atoms with Crippen LogP contribution >= 0.6 is 0 Å². The smallest absolute Gasteiger partial charge is 0.220 e. The number of carbonyl (C=O) groups excluding carboxylic acids is 1. The van der Waals surface area contributed by atoms with Crippen molar-refractivity contribution in [2.24, 2.45) is 51.2 Å². The summed E-state index contributed by atoms with van der Waals surface area (Å²) >= 11 is 0. The summed E-state index contributed by atoms with van der Waals surface area (Å²) in [6.07, 6.45) is 6.93. The van der Waals surface area contributed by atoms with E-state index in [-0.39, 0.29) is 45.5 Å². The first-order valence-electron chi connectivity index (χ1n) is 14.9. The molecule has 4 rings (SSSR count). The molecule has 5 heteroatoms. The predicted molar refractivity (Wildman–Crippen MR) is 144 cm³/mol. The van der Waals surface area contributed by atoms with E-state index in [0.29, 0.717) is 37.1 Å². The van der Waals surface area contributed by atoms with Crippen LogP contribution < -0.4 is 5.32 Å². The fourth-order valence-corrected chi connectivity index (χ4v) is 10.4. The number of nitrogens with one attached hydrogen (secondary N) is 1. The molecule has 1 amide bonds. The lowest BCUT2D eigenvalue weighted by Crippen LogP contribution is -2.66. The molecule has 0 heterocycles. The van der Waals surface area contributed by atoms with Crippen molar-refractivity contribution in [3.05, 3.63) is 0 Å². The van der Waals surface area contributed by atoms with E-state index in [1.165, 1.54) is 0 Å². The van der Waals surface area contributed by atoms with Crippen LogP contribution in [0.1, 0.15) is 113 Å². The Kier molecular flexibility index (Phi) is 7.27. The van der Waals surface area contributed by atoms with Crippen molar-refractivity contribution in [2.45, 2.75) is 131 Å². The maximum atomic E-state index is 12.4. The first kappa shape index (κ1) is 28.4. The van der Waals surface area contributed by atoms with Crippen molar-refractivity contribution in [1.82, 2.24) is 5.32 Å². The molecule has 4 aliphatic carbocycles. The molecular weight excluding hydrogens is 450 g/mol. The highest BCUT2D eigenvalue weighted by Crippen LogP contribution is 2.75. The highest BCUT2D eigenvalue weighted by atomic mass is 16.3. The van der Waals surface area contributed by atoms with E-state index in [0.717, 1.165) is 44.9 Å². The van der Waals surface area contributed by atoms with Crippen molar-refractivity contribution >= 4 is 5.91 Å². The summed E-state index contributed by atoms with van der Waals surface area (Å²) in [5.41, 5.74) is -0.910. The molecule has 4 fully saturated rings. The van der Waals surface area contributed by atoms with Gasteiger partial charge in [0.15, 0.2) is 0 Å². The highest BCUT2D eigenvalue weighted by Gasteiger charge is 2.71. The number of hydrogen-bond donors (Lipinski definition) is 4. The standard InChI is InChI=1S/C31H55NO4/c1-19(2)18-32-25(35)12-16-31(8,36)20-9-14-30(7)26(20)21(33)17-23-28(5)13-11-24(34)27(3,4)22(28)10-15-29(23,30)6/h19-24,26,33-34,36H,9-18H2,1-8H3,(H,32,35)/t20-,21+,22?,23?,24-,26?,28-,29+,30+,31-/m0/s1. The Morgan fingerprint density at radius 3 is 2.25 bits per heavy atom. The molecular formula is C31H55NO4. The van der Waals surface area contributed by atoms with Crippen molar-refractivity contribution < 1.29 is 20.1 Å². The zero-order valence-corrected chi connectivity index (χ0v) is 24.4. The minimum atomic E-state index is -0.972. The first-order chi connectivity index (χ1) is 16.5. The largest absolute Gasteiger partial charge is 0.393 e. The van der Waals surface area contributed by atoms with Gasteiger partial charge in [0.1, 0.15) is 0 Å². The Labute approximate surface area is 220 Å². The molecule has 0 aromatic heterocycles. The van der Waals surface area contributed by atoms with E-state index < -0.39 is 11.7 Å². The number of aliphatic hydroxyl groups excluding tert-OH is 2. The van der Waals surface area contributed by atoms with Gasteiger partial charge < -0.3 is 20.6 Å². The third kappa shape index (κ3) is 4.18. The van der Waals surface area contributed by atoms with E-state index in [1.54, 1.807) is 0 Å². The SMILES string of the molecule is CC(C)CNC(=O)CC[C@](C)(O)[C@H]1CC[C@]2(C)C1[C@H](O)CC1[C@@]3(C)CC[C@H](O)C(C)(C)C3CC[C@]12C. The molecule has 0 aliphatic heterocycles. The lowest BCUT2D eigenvalue weighted by molar-refractivity contribution is -0.246. The van der Waals surface area contributed by atoms with Gasteiger partial charge in [-0.3, -0.25) is 4.79 Å². The molecule has 0 spiro atoms. The van der Waals surface area contributed by atoms with Crippen molar-refractivity contribution in [2.75, 3.05) is 6.54 Å². The molecule has 0 saturated heterocycles. The van der Waals surface area contributed by atoms with Crippen molar-refractivity contribution in [3.8, 4) is 0 Å². The molecule has 3 unspecified atom stereocenters. The zero-order valence-electron chi connectivity index (χ0n) is 24.4. The Balaban J connectivity index is 1.57. The Morgan fingerprint density at radius 1 is 0.972 bits per heavy atom. The van der Waals surface area contributed by atoms with E-state index in [4.69, 9.17) is 0 Å². The fourth-order valence-electron chi connectivity index (χ4n) is 10.4. The molecule has 36 heavy (non-hydrogen) atoms. The molecule has 0 aromatic rings. The summed E-state index contributed by atoms with van der Waals surface area (Å²) in [7, 11) is 0. The first-order valence-corrected chi connectivity index (χ1v) is 14.9. The Morgan fingerprint density at radius 2 is 1.61 bits per heavy atom. The number of aliphatic hydroxyl groups is 3. The van der Waals surface area contributed by atoms with Gasteiger partial charge in [0.05, 0.1) is 17.8 Å². The Hall–Kier alpha value is -0.650. The van der Waals surface area contributed by atoms with Gasteiger partial charge in [-0.1, -0.05) is 48.5 Å². The van der Waals surface area contributed by atoms with Crippen LogP contribution in [0.5, 0.6) is 0 Å². The molecule has 0 radical (unpaired) electrons. The van der Waals surface area contributed by atoms with E-state index in [9.17, 15) is 20.1 Å². The van der Waals surface area contributed by atoms with Crippen LogP contribution in [0.4, 0.5) is 0 Å². The van der Waals surface area contributed by atoms with E-state index in [2.05, 4.69) is 53.8 Å². The second-order valence-corrected chi connectivity index (χ2v) is 15.4. The van der Waals surface area contributed by atoms with Gasteiger partial charge in [-0.15, -0.1) is 0 Å². The normalized spacial score (nSPS) is 47.4. The summed E-state index contributed by atoms with van der Waals surface area (Å²) < 4.78 is 0. The quantitative estimate of drug-likeness (QED) is 0.394. The summed E-state index contributed by atoms with van der Waals surface area (Å²) in [6.45, 7) is 18.6. The van der Waals surface area contributed by atoms with Crippen LogP contribution in [0.25, 0.3) is 0 Å². The molecule has 5 nitrogen and oxygen atoms in total. The summed E-state index contributed by atoms with van der Waals surface area (Å²) in [5, 5.41) is 37.4.